The van der Waals surface area contributed by atoms with Gasteiger partial charge in [-0.25, -0.2) is 8.42 Å². The molecular weight excluding hydrogens is 350 g/mol. The Labute approximate surface area is 152 Å². The molecule has 0 aliphatic carbocycles. The zero-order valence-electron chi connectivity index (χ0n) is 14.3. The van der Waals surface area contributed by atoms with Crippen LogP contribution in [0.2, 0.25) is 0 Å². The molecule has 1 atom stereocenters. The third-order valence-corrected chi connectivity index (χ3v) is 5.57. The number of fused-ring (bicyclic) bond motifs is 1. The Morgan fingerprint density at radius 2 is 1.62 bits per heavy atom. The summed E-state index contributed by atoms with van der Waals surface area (Å²) in [6.45, 7) is 0. The van der Waals surface area contributed by atoms with Gasteiger partial charge in [0.05, 0.1) is 12.0 Å². The number of carbonyl (C=O) groups excluding carboxylic acids is 1. The molecule has 6 heteroatoms. The summed E-state index contributed by atoms with van der Waals surface area (Å²) in [5, 5.41) is 1.76. The van der Waals surface area contributed by atoms with Crippen molar-refractivity contribution < 1.29 is 17.9 Å². The molecule has 0 saturated carbocycles. The molecular formula is C20H19NO4S. The highest BCUT2D eigenvalue weighted by Gasteiger charge is 2.26. The zero-order valence-corrected chi connectivity index (χ0v) is 15.1. The Bertz CT molecular complexity index is 1020. The third-order valence-electron chi connectivity index (χ3n) is 4.10. The summed E-state index contributed by atoms with van der Waals surface area (Å²) in [5.41, 5.74) is 0.837. The summed E-state index contributed by atoms with van der Waals surface area (Å²) < 4.78 is 32.8. The molecule has 3 rings (SSSR count). The van der Waals surface area contributed by atoms with Gasteiger partial charge in [-0.05, 0) is 34.9 Å². The maximum absolute atomic E-state index is 12.8. The van der Waals surface area contributed by atoms with Crippen LogP contribution in [-0.2, 0) is 26.0 Å². The average Bonchev–Trinajstić information content (AvgIpc) is 2.67. The van der Waals surface area contributed by atoms with E-state index in [1.54, 1.807) is 12.1 Å². The highest BCUT2D eigenvalue weighted by molar-refractivity contribution is 7.89. The van der Waals surface area contributed by atoms with Crippen LogP contribution in [0.4, 0.5) is 0 Å². The maximum Gasteiger partial charge on any atom is 0.324 e. The standard InChI is InChI=1S/C20H19NO4S/c1-25-20(22)19(13-15-7-3-2-4-8-15)21-26(23,24)18-12-11-16-9-5-6-10-17(16)14-18/h2-12,14,19,21H,13H2,1H3/t19-/m1/s1. The summed E-state index contributed by atoms with van der Waals surface area (Å²) in [7, 11) is -2.64. The molecule has 0 aliphatic heterocycles. The summed E-state index contributed by atoms with van der Waals surface area (Å²) >= 11 is 0. The van der Waals surface area contributed by atoms with Crippen LogP contribution in [0.3, 0.4) is 0 Å². The largest absolute Gasteiger partial charge is 0.468 e. The topological polar surface area (TPSA) is 72.5 Å². The van der Waals surface area contributed by atoms with Crippen molar-refractivity contribution in [2.24, 2.45) is 0 Å². The van der Waals surface area contributed by atoms with E-state index >= 15 is 0 Å². The lowest BCUT2D eigenvalue weighted by Gasteiger charge is -2.17. The Morgan fingerprint density at radius 3 is 2.31 bits per heavy atom. The van der Waals surface area contributed by atoms with Gasteiger partial charge in [-0.1, -0.05) is 60.7 Å². The number of carbonyl (C=O) groups is 1. The molecule has 0 fully saturated rings. The Kier molecular flexibility index (Phi) is 5.35. The molecule has 0 amide bonds. The maximum atomic E-state index is 12.8. The van der Waals surface area contributed by atoms with Crippen LogP contribution in [0, 0.1) is 0 Å². The fourth-order valence-electron chi connectivity index (χ4n) is 2.76. The summed E-state index contributed by atoms with van der Waals surface area (Å²) in [4.78, 5) is 12.2. The van der Waals surface area contributed by atoms with Gasteiger partial charge in [0.15, 0.2) is 0 Å². The number of hydrogen-bond donors (Lipinski definition) is 1. The Hall–Kier alpha value is -2.70. The third kappa shape index (κ3) is 4.09. The molecule has 5 nitrogen and oxygen atoms in total. The molecule has 0 radical (unpaired) electrons. The SMILES string of the molecule is COC(=O)[C@@H](Cc1ccccc1)NS(=O)(=O)c1ccc2ccccc2c1. The fraction of sp³-hybridized carbons (Fsp3) is 0.150. The second-order valence-electron chi connectivity index (χ2n) is 5.90. The lowest BCUT2D eigenvalue weighted by atomic mass is 10.1. The van der Waals surface area contributed by atoms with Gasteiger partial charge in [-0.2, -0.15) is 4.72 Å². The molecule has 3 aromatic carbocycles. The van der Waals surface area contributed by atoms with E-state index in [0.717, 1.165) is 16.3 Å². The van der Waals surface area contributed by atoms with Crippen molar-refractivity contribution in [3.63, 3.8) is 0 Å². The molecule has 0 aromatic heterocycles. The van der Waals surface area contributed by atoms with E-state index in [1.807, 2.05) is 54.6 Å². The van der Waals surface area contributed by atoms with Crippen LogP contribution >= 0.6 is 0 Å². The van der Waals surface area contributed by atoms with Crippen LogP contribution in [0.5, 0.6) is 0 Å². The first-order valence-corrected chi connectivity index (χ1v) is 9.61. The van der Waals surface area contributed by atoms with Crippen molar-refractivity contribution in [3.8, 4) is 0 Å². The number of methoxy groups -OCH3 is 1. The van der Waals surface area contributed by atoms with Crippen LogP contribution in [0.15, 0.2) is 77.7 Å². The van der Waals surface area contributed by atoms with E-state index in [2.05, 4.69) is 4.72 Å². The van der Waals surface area contributed by atoms with E-state index in [4.69, 9.17) is 4.74 Å². The number of benzene rings is 3. The number of sulfonamides is 1. The summed E-state index contributed by atoms with van der Waals surface area (Å²) in [6.07, 6.45) is 0.209. The molecule has 0 saturated heterocycles. The lowest BCUT2D eigenvalue weighted by Crippen LogP contribution is -2.42. The first-order chi connectivity index (χ1) is 12.5. The fourth-order valence-corrected chi connectivity index (χ4v) is 3.97. The minimum Gasteiger partial charge on any atom is -0.468 e. The van der Waals surface area contributed by atoms with Crippen LogP contribution in [0.25, 0.3) is 10.8 Å². The van der Waals surface area contributed by atoms with Crippen molar-refractivity contribution in [1.82, 2.24) is 4.72 Å². The number of rotatable bonds is 6. The number of ether oxygens (including phenoxy) is 1. The van der Waals surface area contributed by atoms with Gasteiger partial charge in [-0.3, -0.25) is 4.79 Å². The first kappa shape index (κ1) is 18.1. The average molecular weight is 369 g/mol. The van der Waals surface area contributed by atoms with E-state index in [9.17, 15) is 13.2 Å². The van der Waals surface area contributed by atoms with Crippen molar-refractivity contribution in [2.45, 2.75) is 17.4 Å². The van der Waals surface area contributed by atoms with E-state index < -0.39 is 22.0 Å². The van der Waals surface area contributed by atoms with Crippen LogP contribution in [-0.4, -0.2) is 27.5 Å². The minimum atomic E-state index is -3.88. The van der Waals surface area contributed by atoms with E-state index in [-0.39, 0.29) is 11.3 Å². The second kappa shape index (κ2) is 7.68. The van der Waals surface area contributed by atoms with Crippen LogP contribution < -0.4 is 4.72 Å². The van der Waals surface area contributed by atoms with E-state index in [1.165, 1.54) is 13.2 Å². The summed E-state index contributed by atoms with van der Waals surface area (Å²) in [5.74, 6) is -0.627. The zero-order chi connectivity index (χ0) is 18.6. The van der Waals surface area contributed by atoms with Gasteiger partial charge >= 0.3 is 5.97 Å². The van der Waals surface area contributed by atoms with Gasteiger partial charge in [0, 0.05) is 0 Å². The molecule has 0 heterocycles. The smallest absolute Gasteiger partial charge is 0.324 e. The highest BCUT2D eigenvalue weighted by atomic mass is 32.2. The van der Waals surface area contributed by atoms with E-state index in [0.29, 0.717) is 0 Å². The quantitative estimate of drug-likeness (QED) is 0.678. The van der Waals surface area contributed by atoms with Gasteiger partial charge < -0.3 is 4.74 Å². The predicted molar refractivity (Wildman–Crippen MR) is 100 cm³/mol. The Balaban J connectivity index is 1.89. The second-order valence-corrected chi connectivity index (χ2v) is 7.61. The number of nitrogens with one attached hydrogen (secondary N) is 1. The number of esters is 1. The molecule has 0 unspecified atom stereocenters. The first-order valence-electron chi connectivity index (χ1n) is 8.12. The van der Waals surface area contributed by atoms with Gasteiger partial charge in [0.1, 0.15) is 6.04 Å². The van der Waals surface area contributed by atoms with Crippen molar-refractivity contribution in [2.75, 3.05) is 7.11 Å². The normalized spacial score (nSPS) is 12.7. The predicted octanol–water partition coefficient (Wildman–Crippen LogP) is 2.90. The van der Waals surface area contributed by atoms with Gasteiger partial charge in [0.2, 0.25) is 10.0 Å². The van der Waals surface area contributed by atoms with Gasteiger partial charge in [0.25, 0.3) is 0 Å². The highest BCUT2D eigenvalue weighted by Crippen LogP contribution is 2.19. The van der Waals surface area contributed by atoms with Crippen molar-refractivity contribution in [3.05, 3.63) is 78.4 Å². The number of hydrogen-bond acceptors (Lipinski definition) is 4. The molecule has 0 aliphatic rings. The molecule has 26 heavy (non-hydrogen) atoms. The molecule has 0 spiro atoms. The molecule has 0 bridgehead atoms. The molecule has 3 aromatic rings. The van der Waals surface area contributed by atoms with Crippen LogP contribution in [0.1, 0.15) is 5.56 Å². The van der Waals surface area contributed by atoms with Crippen molar-refractivity contribution in [1.29, 1.82) is 0 Å². The van der Waals surface area contributed by atoms with Gasteiger partial charge in [-0.15, -0.1) is 0 Å². The minimum absolute atomic E-state index is 0.109. The molecule has 134 valence electrons. The Morgan fingerprint density at radius 1 is 0.962 bits per heavy atom. The van der Waals surface area contributed by atoms with Crippen molar-refractivity contribution >= 4 is 26.8 Å². The lowest BCUT2D eigenvalue weighted by molar-refractivity contribution is -0.142. The molecule has 1 N–H and O–H groups in total. The summed E-state index contributed by atoms with van der Waals surface area (Å²) in [6, 6.07) is 20.5. The monoisotopic (exact) mass is 369 g/mol.